The van der Waals surface area contributed by atoms with E-state index in [4.69, 9.17) is 10.5 Å². The van der Waals surface area contributed by atoms with Gasteiger partial charge >= 0.3 is 0 Å². The van der Waals surface area contributed by atoms with Crippen LogP contribution in [0.25, 0.3) is 0 Å². The summed E-state index contributed by atoms with van der Waals surface area (Å²) in [6.45, 7) is 2.08. The molecule has 1 aliphatic rings. The zero-order chi connectivity index (χ0) is 10.1. The number of hydrogen-bond acceptors (Lipinski definition) is 3. The molecule has 2 rings (SSSR count). The number of nitrogens with zero attached hydrogens (tertiary/aromatic N) is 1. The predicted molar refractivity (Wildman–Crippen MR) is 59.2 cm³/mol. The molecule has 3 nitrogen and oxygen atoms in total. The van der Waals surface area contributed by atoms with Crippen molar-refractivity contribution in [2.24, 2.45) is 5.92 Å². The Morgan fingerprint density at radius 1 is 1.64 bits per heavy atom. The van der Waals surface area contributed by atoms with E-state index in [0.717, 1.165) is 4.47 Å². The highest BCUT2D eigenvalue weighted by molar-refractivity contribution is 9.10. The molecule has 0 amide bonds. The number of nitrogens with two attached hydrogens (primary N) is 1. The first-order chi connectivity index (χ1) is 6.68. The van der Waals surface area contributed by atoms with Crippen LogP contribution in [0.15, 0.2) is 16.7 Å². The summed E-state index contributed by atoms with van der Waals surface area (Å²) in [7, 11) is 0. The summed E-state index contributed by atoms with van der Waals surface area (Å²) >= 11 is 3.37. The number of pyridine rings is 1. The highest BCUT2D eigenvalue weighted by atomic mass is 79.9. The molecule has 0 radical (unpaired) electrons. The van der Waals surface area contributed by atoms with E-state index in [-0.39, 0.29) is 6.10 Å². The van der Waals surface area contributed by atoms with Gasteiger partial charge in [0.2, 0.25) is 5.88 Å². The second-order valence-electron chi connectivity index (χ2n) is 3.68. The molecule has 1 heterocycles. The molecule has 1 fully saturated rings. The fraction of sp³-hybridized carbons (Fsp3) is 0.500. The molecule has 1 atom stereocenters. The van der Waals surface area contributed by atoms with Crippen molar-refractivity contribution in [3.63, 3.8) is 0 Å². The SMILES string of the molecule is C[C@H](Oc1nccc(N)c1Br)C1CC1. The second-order valence-corrected chi connectivity index (χ2v) is 4.47. The zero-order valence-corrected chi connectivity index (χ0v) is 9.62. The van der Waals surface area contributed by atoms with Crippen molar-refractivity contribution in [2.45, 2.75) is 25.9 Å². The second kappa shape index (κ2) is 3.77. The molecular weight excluding hydrogens is 244 g/mol. The summed E-state index contributed by atoms with van der Waals surface area (Å²) in [5.74, 6) is 1.30. The highest BCUT2D eigenvalue weighted by Gasteiger charge is 2.30. The van der Waals surface area contributed by atoms with Crippen molar-refractivity contribution in [1.82, 2.24) is 4.98 Å². The third-order valence-corrected chi connectivity index (χ3v) is 3.27. The lowest BCUT2D eigenvalue weighted by atomic mass is 10.3. The van der Waals surface area contributed by atoms with Gasteiger partial charge < -0.3 is 10.5 Å². The van der Waals surface area contributed by atoms with Crippen molar-refractivity contribution >= 4 is 21.6 Å². The van der Waals surface area contributed by atoms with E-state index in [2.05, 4.69) is 27.8 Å². The molecule has 1 saturated carbocycles. The predicted octanol–water partition coefficient (Wildman–Crippen LogP) is 2.60. The van der Waals surface area contributed by atoms with Gasteiger partial charge in [0.15, 0.2) is 0 Å². The number of aromatic nitrogens is 1. The molecule has 2 N–H and O–H groups in total. The van der Waals surface area contributed by atoms with Gasteiger partial charge in [-0.1, -0.05) is 0 Å². The Hall–Kier alpha value is -0.770. The molecule has 0 unspecified atom stereocenters. The first-order valence-electron chi connectivity index (χ1n) is 4.75. The third kappa shape index (κ3) is 2.00. The van der Waals surface area contributed by atoms with Crippen LogP contribution in [-0.4, -0.2) is 11.1 Å². The quantitative estimate of drug-likeness (QED) is 0.905. The number of ether oxygens (including phenoxy) is 1. The first-order valence-corrected chi connectivity index (χ1v) is 5.54. The lowest BCUT2D eigenvalue weighted by Crippen LogP contribution is -2.15. The average Bonchev–Trinajstić information content (AvgIpc) is 2.95. The molecule has 14 heavy (non-hydrogen) atoms. The van der Waals surface area contributed by atoms with Gasteiger partial charge in [-0.3, -0.25) is 0 Å². The van der Waals surface area contributed by atoms with Crippen molar-refractivity contribution in [2.75, 3.05) is 5.73 Å². The fourth-order valence-corrected chi connectivity index (χ4v) is 1.69. The van der Waals surface area contributed by atoms with Gasteiger partial charge in [-0.15, -0.1) is 0 Å². The van der Waals surface area contributed by atoms with Crippen molar-refractivity contribution < 1.29 is 4.74 Å². The molecular formula is C10H13BrN2O. The van der Waals surface area contributed by atoms with E-state index >= 15 is 0 Å². The molecule has 4 heteroatoms. The molecule has 0 saturated heterocycles. The van der Waals surface area contributed by atoms with Crippen LogP contribution in [0.1, 0.15) is 19.8 Å². The maximum absolute atomic E-state index is 5.72. The van der Waals surface area contributed by atoms with Gasteiger partial charge in [-0.05, 0) is 47.7 Å². The minimum absolute atomic E-state index is 0.237. The maximum Gasteiger partial charge on any atom is 0.230 e. The summed E-state index contributed by atoms with van der Waals surface area (Å²) in [6, 6.07) is 1.75. The molecule has 0 aliphatic heterocycles. The lowest BCUT2D eigenvalue weighted by molar-refractivity contribution is 0.188. The summed E-state index contributed by atoms with van der Waals surface area (Å²) < 4.78 is 6.47. The number of nitrogen functional groups attached to an aromatic ring is 1. The molecule has 1 aromatic heterocycles. The Kier molecular flexibility index (Phi) is 2.63. The van der Waals surface area contributed by atoms with E-state index in [9.17, 15) is 0 Å². The van der Waals surface area contributed by atoms with Crippen LogP contribution in [0.5, 0.6) is 5.88 Å². The average molecular weight is 257 g/mol. The van der Waals surface area contributed by atoms with Crippen LogP contribution in [0.4, 0.5) is 5.69 Å². The van der Waals surface area contributed by atoms with Gasteiger partial charge in [-0.25, -0.2) is 4.98 Å². The maximum atomic E-state index is 5.72. The third-order valence-electron chi connectivity index (χ3n) is 2.47. The normalized spacial score (nSPS) is 17.9. The van der Waals surface area contributed by atoms with Gasteiger partial charge in [0.25, 0.3) is 0 Å². The molecule has 0 bridgehead atoms. The number of anilines is 1. The van der Waals surface area contributed by atoms with E-state index in [0.29, 0.717) is 17.5 Å². The summed E-state index contributed by atoms with van der Waals surface area (Å²) in [6.07, 6.45) is 4.43. The molecule has 1 aliphatic carbocycles. The van der Waals surface area contributed by atoms with Gasteiger partial charge in [0, 0.05) is 6.20 Å². The van der Waals surface area contributed by atoms with Crippen LogP contribution >= 0.6 is 15.9 Å². The Bertz CT molecular complexity index is 339. The number of hydrogen-bond donors (Lipinski definition) is 1. The summed E-state index contributed by atoms with van der Waals surface area (Å²) in [5.41, 5.74) is 6.39. The standard InChI is InChI=1S/C10H13BrN2O/c1-6(7-2-3-7)14-10-9(11)8(12)4-5-13-10/h4-7H,2-3H2,1H3,(H2,12,13)/t6-/m0/s1. The van der Waals surface area contributed by atoms with Crippen molar-refractivity contribution in [1.29, 1.82) is 0 Å². The number of rotatable bonds is 3. The molecule has 1 aromatic rings. The minimum Gasteiger partial charge on any atom is -0.473 e. The zero-order valence-electron chi connectivity index (χ0n) is 8.03. The van der Waals surface area contributed by atoms with Crippen LogP contribution < -0.4 is 10.5 Å². The van der Waals surface area contributed by atoms with Crippen LogP contribution in [0.3, 0.4) is 0 Å². The first kappa shape index (κ1) is 9.77. The highest BCUT2D eigenvalue weighted by Crippen LogP contribution is 2.36. The van der Waals surface area contributed by atoms with Crippen molar-refractivity contribution in [3.05, 3.63) is 16.7 Å². The Morgan fingerprint density at radius 3 is 3.00 bits per heavy atom. The van der Waals surface area contributed by atoms with Gasteiger partial charge in [-0.2, -0.15) is 0 Å². The smallest absolute Gasteiger partial charge is 0.230 e. The van der Waals surface area contributed by atoms with Gasteiger partial charge in [0.05, 0.1) is 5.69 Å². The summed E-state index contributed by atoms with van der Waals surface area (Å²) in [5, 5.41) is 0. The molecule has 0 aromatic carbocycles. The van der Waals surface area contributed by atoms with Crippen LogP contribution in [-0.2, 0) is 0 Å². The van der Waals surface area contributed by atoms with E-state index in [1.165, 1.54) is 12.8 Å². The number of halogens is 1. The minimum atomic E-state index is 0.237. The monoisotopic (exact) mass is 256 g/mol. The topological polar surface area (TPSA) is 48.1 Å². The van der Waals surface area contributed by atoms with Crippen molar-refractivity contribution in [3.8, 4) is 5.88 Å². The fourth-order valence-electron chi connectivity index (χ4n) is 1.36. The Labute approximate surface area is 91.8 Å². The van der Waals surface area contributed by atoms with Gasteiger partial charge in [0.1, 0.15) is 10.6 Å². The largest absolute Gasteiger partial charge is 0.473 e. The van der Waals surface area contributed by atoms with Crippen LogP contribution in [0, 0.1) is 5.92 Å². The Balaban J connectivity index is 2.11. The molecule has 0 spiro atoms. The van der Waals surface area contributed by atoms with E-state index in [1.807, 2.05) is 0 Å². The van der Waals surface area contributed by atoms with E-state index in [1.54, 1.807) is 12.3 Å². The summed E-state index contributed by atoms with van der Waals surface area (Å²) in [4.78, 5) is 4.14. The lowest BCUT2D eigenvalue weighted by Gasteiger charge is -2.14. The van der Waals surface area contributed by atoms with E-state index < -0.39 is 0 Å². The Morgan fingerprint density at radius 2 is 2.36 bits per heavy atom. The molecule has 76 valence electrons. The van der Waals surface area contributed by atoms with Crippen LogP contribution in [0.2, 0.25) is 0 Å².